The number of rotatable bonds is 6. The van der Waals surface area contributed by atoms with Crippen molar-refractivity contribution in [1.82, 2.24) is 20.3 Å². The van der Waals surface area contributed by atoms with Gasteiger partial charge in [0.2, 0.25) is 5.91 Å². The van der Waals surface area contributed by atoms with Crippen molar-refractivity contribution in [3.8, 4) is 22.5 Å². The molecule has 2 atom stereocenters. The summed E-state index contributed by atoms with van der Waals surface area (Å²) < 4.78 is 0. The van der Waals surface area contributed by atoms with Crippen molar-refractivity contribution in [3.63, 3.8) is 0 Å². The molecule has 0 radical (unpaired) electrons. The van der Waals surface area contributed by atoms with Crippen molar-refractivity contribution in [2.24, 2.45) is 11.8 Å². The van der Waals surface area contributed by atoms with Crippen molar-refractivity contribution in [3.05, 3.63) is 66.2 Å². The number of nitrogens with one attached hydrogen (secondary N) is 1. The van der Waals surface area contributed by atoms with E-state index in [0.717, 1.165) is 40.3 Å². The topological polar surface area (TPSA) is 67.8 Å². The van der Waals surface area contributed by atoms with Gasteiger partial charge in [-0.25, -0.2) is 9.97 Å². The van der Waals surface area contributed by atoms with E-state index in [2.05, 4.69) is 46.5 Å². The molecule has 0 unspecified atom stereocenters. The van der Waals surface area contributed by atoms with Gasteiger partial charge in [-0.3, -0.25) is 9.78 Å². The van der Waals surface area contributed by atoms with Crippen molar-refractivity contribution >= 4 is 5.91 Å². The zero-order chi connectivity index (χ0) is 19.8. The van der Waals surface area contributed by atoms with Crippen LogP contribution in [0.15, 0.2) is 54.9 Å². The maximum absolute atomic E-state index is 12.1. The van der Waals surface area contributed by atoms with Crippen LogP contribution in [0.25, 0.3) is 22.5 Å². The first-order valence-corrected chi connectivity index (χ1v) is 10.3. The monoisotopic (exact) mass is 384 g/mol. The van der Waals surface area contributed by atoms with Crippen LogP contribution < -0.4 is 5.32 Å². The van der Waals surface area contributed by atoms with E-state index >= 15 is 0 Å². The van der Waals surface area contributed by atoms with Crippen LogP contribution in [-0.2, 0) is 11.3 Å². The van der Waals surface area contributed by atoms with Crippen LogP contribution in [0.5, 0.6) is 0 Å². The minimum absolute atomic E-state index is 0.170. The van der Waals surface area contributed by atoms with Crippen LogP contribution >= 0.6 is 0 Å². The van der Waals surface area contributed by atoms with Crippen molar-refractivity contribution < 1.29 is 4.79 Å². The molecule has 2 heterocycles. The molecule has 3 aromatic rings. The minimum atomic E-state index is 0.170. The summed E-state index contributed by atoms with van der Waals surface area (Å²) in [6.07, 6.45) is 7.04. The Kier molecular flexibility index (Phi) is 4.58. The van der Waals surface area contributed by atoms with E-state index in [1.165, 1.54) is 12.8 Å². The Labute approximate surface area is 170 Å². The molecule has 29 heavy (non-hydrogen) atoms. The molecule has 1 amide bonds. The van der Waals surface area contributed by atoms with Crippen LogP contribution in [-0.4, -0.2) is 20.9 Å². The molecule has 146 valence electrons. The van der Waals surface area contributed by atoms with E-state index in [4.69, 9.17) is 4.98 Å². The van der Waals surface area contributed by atoms with Gasteiger partial charge in [0.1, 0.15) is 5.82 Å². The Hall–Kier alpha value is -3.08. The quantitative estimate of drug-likeness (QED) is 0.686. The lowest BCUT2D eigenvalue weighted by Gasteiger charge is -2.11. The van der Waals surface area contributed by atoms with Gasteiger partial charge in [0.25, 0.3) is 0 Å². The van der Waals surface area contributed by atoms with E-state index in [9.17, 15) is 4.79 Å². The highest BCUT2D eigenvalue weighted by Crippen LogP contribution is 2.40. The number of aromatic nitrogens is 3. The van der Waals surface area contributed by atoms with Gasteiger partial charge in [0, 0.05) is 41.9 Å². The lowest BCUT2D eigenvalue weighted by Crippen LogP contribution is -2.24. The highest BCUT2D eigenvalue weighted by atomic mass is 16.2. The first-order chi connectivity index (χ1) is 14.2. The molecule has 1 aromatic carbocycles. The predicted molar refractivity (Wildman–Crippen MR) is 112 cm³/mol. The lowest BCUT2D eigenvalue weighted by molar-refractivity contribution is -0.122. The smallest absolute Gasteiger partial charge is 0.223 e. The summed E-state index contributed by atoms with van der Waals surface area (Å²) in [6, 6.07) is 14.2. The second-order valence-electron chi connectivity index (χ2n) is 8.21. The fourth-order valence-electron chi connectivity index (χ4n) is 3.65. The summed E-state index contributed by atoms with van der Waals surface area (Å²) in [5.74, 6) is 2.32. The number of nitrogens with zero attached hydrogens (tertiary/aromatic N) is 3. The first-order valence-electron chi connectivity index (χ1n) is 10.3. The second kappa shape index (κ2) is 7.39. The first kappa shape index (κ1) is 18.0. The standard InChI is InChI=1S/C24H24N4O/c1-15-12-19(15)24(29)27-13-16-5-7-17(8-6-16)22-20(21-4-2-3-11-25-21)14-26-23(28-22)18-9-10-18/h2-8,11,14-15,18-19H,9-10,12-13H2,1H3,(H,27,29)/t15-,19-/m0/s1. The molecule has 0 aliphatic heterocycles. The van der Waals surface area contributed by atoms with Crippen LogP contribution in [0, 0.1) is 11.8 Å². The SMILES string of the molecule is C[C@H]1C[C@@H]1C(=O)NCc1ccc(-c2nc(C3CC3)ncc2-c2ccccn2)cc1. The van der Waals surface area contributed by atoms with Gasteiger partial charge in [-0.1, -0.05) is 37.3 Å². The highest BCUT2D eigenvalue weighted by molar-refractivity contribution is 5.81. The maximum Gasteiger partial charge on any atom is 0.223 e. The van der Waals surface area contributed by atoms with E-state index < -0.39 is 0 Å². The molecule has 0 spiro atoms. The summed E-state index contributed by atoms with van der Waals surface area (Å²) in [7, 11) is 0. The Morgan fingerprint density at radius 2 is 1.90 bits per heavy atom. The number of carbonyl (C=O) groups excluding carboxylic acids is 1. The molecule has 2 saturated carbocycles. The Morgan fingerprint density at radius 1 is 1.10 bits per heavy atom. The summed E-state index contributed by atoms with van der Waals surface area (Å²) in [5.41, 5.74) is 4.87. The third kappa shape index (κ3) is 3.90. The van der Waals surface area contributed by atoms with Gasteiger partial charge >= 0.3 is 0 Å². The molecule has 2 aromatic heterocycles. The van der Waals surface area contributed by atoms with Crippen LogP contribution in [0.4, 0.5) is 0 Å². The number of benzene rings is 1. The van der Waals surface area contributed by atoms with E-state index in [-0.39, 0.29) is 11.8 Å². The summed E-state index contributed by atoms with van der Waals surface area (Å²) >= 11 is 0. The molecule has 5 heteroatoms. The summed E-state index contributed by atoms with van der Waals surface area (Å²) in [6.45, 7) is 2.68. The number of pyridine rings is 1. The molecule has 0 saturated heterocycles. The predicted octanol–water partition coefficient (Wildman–Crippen LogP) is 4.36. The van der Waals surface area contributed by atoms with Gasteiger partial charge in [-0.2, -0.15) is 0 Å². The third-order valence-electron chi connectivity index (χ3n) is 5.83. The Bertz CT molecular complexity index is 1030. The normalized spacial score (nSPS) is 20.3. The van der Waals surface area contributed by atoms with Gasteiger partial charge in [0.15, 0.2) is 0 Å². The molecule has 1 N–H and O–H groups in total. The Morgan fingerprint density at radius 3 is 2.55 bits per heavy atom. The van der Waals surface area contributed by atoms with Crippen LogP contribution in [0.1, 0.15) is 43.5 Å². The fourth-order valence-corrected chi connectivity index (χ4v) is 3.65. The molecule has 2 fully saturated rings. The summed E-state index contributed by atoms with van der Waals surface area (Å²) in [4.78, 5) is 26.0. The third-order valence-corrected chi connectivity index (χ3v) is 5.83. The van der Waals surface area contributed by atoms with Crippen LogP contribution in [0.2, 0.25) is 0 Å². The number of carbonyl (C=O) groups is 1. The molecule has 5 nitrogen and oxygen atoms in total. The fraction of sp³-hybridized carbons (Fsp3) is 0.333. The minimum Gasteiger partial charge on any atom is -0.352 e. The molecular weight excluding hydrogens is 360 g/mol. The molecule has 2 aliphatic rings. The van der Waals surface area contributed by atoms with Gasteiger partial charge in [-0.05, 0) is 42.9 Å². The van der Waals surface area contributed by atoms with Crippen molar-refractivity contribution in [1.29, 1.82) is 0 Å². The maximum atomic E-state index is 12.1. The average molecular weight is 384 g/mol. The van der Waals surface area contributed by atoms with Crippen molar-refractivity contribution in [2.45, 2.75) is 38.6 Å². The lowest BCUT2D eigenvalue weighted by atomic mass is 10.0. The molecule has 2 aliphatic carbocycles. The van der Waals surface area contributed by atoms with Gasteiger partial charge < -0.3 is 5.32 Å². The zero-order valence-electron chi connectivity index (χ0n) is 16.5. The number of hydrogen-bond donors (Lipinski definition) is 1. The zero-order valence-corrected chi connectivity index (χ0v) is 16.5. The highest BCUT2D eigenvalue weighted by Gasteiger charge is 2.38. The van der Waals surface area contributed by atoms with Crippen LogP contribution in [0.3, 0.4) is 0 Å². The van der Waals surface area contributed by atoms with Gasteiger partial charge in [0.05, 0.1) is 11.4 Å². The molecule has 5 rings (SSSR count). The second-order valence-corrected chi connectivity index (χ2v) is 8.21. The average Bonchev–Trinajstić information content (AvgIpc) is 3.69. The Balaban J connectivity index is 1.40. The molecular formula is C24H24N4O. The molecule has 0 bridgehead atoms. The van der Waals surface area contributed by atoms with Gasteiger partial charge in [-0.15, -0.1) is 0 Å². The van der Waals surface area contributed by atoms with E-state index in [1.54, 1.807) is 6.20 Å². The largest absolute Gasteiger partial charge is 0.352 e. The number of hydrogen-bond acceptors (Lipinski definition) is 4. The van der Waals surface area contributed by atoms with E-state index in [1.807, 2.05) is 24.4 Å². The summed E-state index contributed by atoms with van der Waals surface area (Å²) in [5, 5.41) is 3.05. The van der Waals surface area contributed by atoms with Crippen molar-refractivity contribution in [2.75, 3.05) is 0 Å². The van der Waals surface area contributed by atoms with E-state index in [0.29, 0.717) is 18.4 Å². The number of amides is 1.